The van der Waals surface area contributed by atoms with Gasteiger partial charge in [0.05, 0.1) is 5.02 Å². The van der Waals surface area contributed by atoms with E-state index in [1.165, 1.54) is 0 Å². The molecule has 19 heavy (non-hydrogen) atoms. The summed E-state index contributed by atoms with van der Waals surface area (Å²) < 4.78 is 0. The highest BCUT2D eigenvalue weighted by molar-refractivity contribution is 8.00. The third-order valence-electron chi connectivity index (χ3n) is 2.28. The Labute approximate surface area is 123 Å². The number of rotatable bonds is 4. The molecule has 5 nitrogen and oxygen atoms in total. The van der Waals surface area contributed by atoms with E-state index in [0.717, 1.165) is 11.8 Å². The topological polar surface area (TPSA) is 78.9 Å². The Morgan fingerprint density at radius 2 is 2.21 bits per heavy atom. The molecule has 0 aliphatic heterocycles. The number of hydrogen-bond donors (Lipinski definition) is 2. The van der Waals surface area contributed by atoms with E-state index in [0.29, 0.717) is 26.6 Å². The van der Waals surface area contributed by atoms with E-state index in [-0.39, 0.29) is 0 Å². The van der Waals surface area contributed by atoms with Crippen molar-refractivity contribution in [3.8, 4) is 11.4 Å². The van der Waals surface area contributed by atoms with Crippen LogP contribution in [0.5, 0.6) is 0 Å². The van der Waals surface area contributed by atoms with Gasteiger partial charge in [0.2, 0.25) is 5.16 Å². The molecule has 2 aromatic rings. The van der Waals surface area contributed by atoms with E-state index in [9.17, 15) is 4.79 Å². The second-order valence-corrected chi connectivity index (χ2v) is 5.84. The first-order valence-electron chi connectivity index (χ1n) is 5.24. The minimum absolute atomic E-state index is 0.357. The van der Waals surface area contributed by atoms with Gasteiger partial charge in [-0.05, 0) is 25.1 Å². The second kappa shape index (κ2) is 5.81. The van der Waals surface area contributed by atoms with Crippen molar-refractivity contribution in [2.45, 2.75) is 17.3 Å². The van der Waals surface area contributed by atoms with Gasteiger partial charge in [0, 0.05) is 10.6 Å². The molecule has 2 rings (SSSR count). The van der Waals surface area contributed by atoms with Crippen molar-refractivity contribution >= 4 is 40.9 Å². The van der Waals surface area contributed by atoms with Crippen LogP contribution in [0.4, 0.5) is 0 Å². The smallest absolute Gasteiger partial charge is 0.316 e. The summed E-state index contributed by atoms with van der Waals surface area (Å²) in [5.74, 6) is -0.442. The van der Waals surface area contributed by atoms with Gasteiger partial charge >= 0.3 is 5.97 Å². The molecule has 0 spiro atoms. The van der Waals surface area contributed by atoms with Crippen LogP contribution in [0.25, 0.3) is 11.4 Å². The SMILES string of the molecule is CC(Sc1n[nH]c(-c2ccc(Cl)cc2Cl)n1)C(=O)O. The molecule has 0 aliphatic carbocycles. The molecule has 0 saturated carbocycles. The van der Waals surface area contributed by atoms with E-state index in [1.807, 2.05) is 0 Å². The molecular formula is C11H9Cl2N3O2S. The van der Waals surface area contributed by atoms with Crippen LogP contribution >= 0.6 is 35.0 Å². The van der Waals surface area contributed by atoms with E-state index < -0.39 is 11.2 Å². The standard InChI is InChI=1S/C11H9Cl2N3O2S/c1-5(10(17)18)19-11-14-9(15-16-11)7-3-2-6(12)4-8(7)13/h2-5H,1H3,(H,17,18)(H,14,15,16). The third kappa shape index (κ3) is 3.40. The fourth-order valence-electron chi connectivity index (χ4n) is 1.31. The molecule has 8 heteroatoms. The number of carbonyl (C=O) groups is 1. The summed E-state index contributed by atoms with van der Waals surface area (Å²) >= 11 is 12.9. The largest absolute Gasteiger partial charge is 0.480 e. The summed E-state index contributed by atoms with van der Waals surface area (Å²) in [6.07, 6.45) is 0. The molecule has 0 amide bonds. The summed E-state index contributed by atoms with van der Waals surface area (Å²) in [6, 6.07) is 5.02. The Morgan fingerprint density at radius 1 is 1.47 bits per heavy atom. The van der Waals surface area contributed by atoms with Crippen LogP contribution in [-0.2, 0) is 4.79 Å². The molecule has 1 heterocycles. The molecule has 0 bridgehead atoms. The first kappa shape index (κ1) is 14.2. The zero-order valence-corrected chi connectivity index (χ0v) is 12.1. The van der Waals surface area contributed by atoms with Crippen molar-refractivity contribution in [2.75, 3.05) is 0 Å². The molecule has 0 aliphatic rings. The minimum Gasteiger partial charge on any atom is -0.480 e. The van der Waals surface area contributed by atoms with Crippen LogP contribution in [0.15, 0.2) is 23.4 Å². The van der Waals surface area contributed by atoms with Crippen molar-refractivity contribution in [1.29, 1.82) is 0 Å². The fraction of sp³-hybridized carbons (Fsp3) is 0.182. The lowest BCUT2D eigenvalue weighted by atomic mass is 10.2. The maximum absolute atomic E-state index is 10.7. The van der Waals surface area contributed by atoms with E-state index in [4.69, 9.17) is 28.3 Å². The Morgan fingerprint density at radius 3 is 2.84 bits per heavy atom. The average Bonchev–Trinajstić information content (AvgIpc) is 2.77. The number of hydrogen-bond acceptors (Lipinski definition) is 4. The van der Waals surface area contributed by atoms with E-state index >= 15 is 0 Å². The number of nitrogens with one attached hydrogen (secondary N) is 1. The molecule has 1 atom stereocenters. The van der Waals surface area contributed by atoms with Crippen molar-refractivity contribution in [3.05, 3.63) is 28.2 Å². The summed E-state index contributed by atoms with van der Waals surface area (Å²) in [5.41, 5.74) is 0.661. The van der Waals surface area contributed by atoms with Gasteiger partial charge in [0.15, 0.2) is 5.82 Å². The first-order valence-corrected chi connectivity index (χ1v) is 6.88. The van der Waals surface area contributed by atoms with Crippen LogP contribution < -0.4 is 0 Å². The molecule has 1 unspecified atom stereocenters. The lowest BCUT2D eigenvalue weighted by Crippen LogP contribution is -2.11. The molecule has 100 valence electrons. The van der Waals surface area contributed by atoms with E-state index in [2.05, 4.69) is 15.2 Å². The first-order chi connectivity index (χ1) is 8.97. The normalized spacial score (nSPS) is 12.4. The van der Waals surface area contributed by atoms with Crippen LogP contribution in [-0.4, -0.2) is 31.5 Å². The van der Waals surface area contributed by atoms with Crippen molar-refractivity contribution < 1.29 is 9.90 Å². The lowest BCUT2D eigenvalue weighted by molar-refractivity contribution is -0.136. The Bertz CT molecular complexity index is 618. The van der Waals surface area contributed by atoms with Crippen molar-refractivity contribution in [2.24, 2.45) is 0 Å². The van der Waals surface area contributed by atoms with Gasteiger partial charge in [0.25, 0.3) is 0 Å². The lowest BCUT2D eigenvalue weighted by Gasteiger charge is -2.01. The molecule has 0 saturated heterocycles. The number of thioether (sulfide) groups is 1. The maximum Gasteiger partial charge on any atom is 0.316 e. The highest BCUT2D eigenvalue weighted by Crippen LogP contribution is 2.29. The van der Waals surface area contributed by atoms with Crippen molar-refractivity contribution in [3.63, 3.8) is 0 Å². The Balaban J connectivity index is 2.23. The molecule has 0 radical (unpaired) electrons. The summed E-state index contributed by atoms with van der Waals surface area (Å²) in [7, 11) is 0. The zero-order chi connectivity index (χ0) is 14.0. The highest BCUT2D eigenvalue weighted by Gasteiger charge is 2.16. The van der Waals surface area contributed by atoms with Gasteiger partial charge in [0.1, 0.15) is 5.25 Å². The number of benzene rings is 1. The quantitative estimate of drug-likeness (QED) is 0.845. The van der Waals surface area contributed by atoms with Gasteiger partial charge in [-0.1, -0.05) is 35.0 Å². The number of aliphatic carboxylic acids is 1. The Kier molecular flexibility index (Phi) is 4.34. The molecule has 1 aromatic heterocycles. The van der Waals surface area contributed by atoms with Gasteiger partial charge < -0.3 is 5.11 Å². The van der Waals surface area contributed by atoms with Crippen molar-refractivity contribution in [1.82, 2.24) is 15.2 Å². The Hall–Kier alpha value is -1.24. The predicted octanol–water partition coefficient (Wildman–Crippen LogP) is 3.34. The van der Waals surface area contributed by atoms with Crippen LogP contribution in [0.2, 0.25) is 10.0 Å². The number of carboxylic acid groups (broad SMARTS) is 1. The number of carboxylic acids is 1. The number of H-pyrrole nitrogens is 1. The molecule has 0 fully saturated rings. The third-order valence-corrected chi connectivity index (χ3v) is 3.78. The van der Waals surface area contributed by atoms with Gasteiger partial charge in [-0.15, -0.1) is 5.10 Å². The number of nitrogens with zero attached hydrogens (tertiary/aromatic N) is 2. The molecule has 2 N–H and O–H groups in total. The van der Waals surface area contributed by atoms with Gasteiger partial charge in [-0.3, -0.25) is 9.89 Å². The number of halogens is 2. The van der Waals surface area contributed by atoms with Gasteiger partial charge in [-0.2, -0.15) is 0 Å². The van der Waals surface area contributed by atoms with E-state index in [1.54, 1.807) is 25.1 Å². The summed E-state index contributed by atoms with van der Waals surface area (Å²) in [4.78, 5) is 14.9. The average molecular weight is 318 g/mol. The maximum atomic E-state index is 10.7. The predicted molar refractivity (Wildman–Crippen MR) is 74.8 cm³/mol. The van der Waals surface area contributed by atoms with Gasteiger partial charge in [-0.25, -0.2) is 4.98 Å². The second-order valence-electron chi connectivity index (χ2n) is 3.69. The zero-order valence-electron chi connectivity index (χ0n) is 9.72. The molecule has 1 aromatic carbocycles. The summed E-state index contributed by atoms with van der Waals surface area (Å²) in [5, 5.41) is 16.2. The highest BCUT2D eigenvalue weighted by atomic mass is 35.5. The minimum atomic E-state index is -0.916. The van der Waals surface area contributed by atoms with Crippen LogP contribution in [0, 0.1) is 0 Å². The van der Waals surface area contributed by atoms with Crippen LogP contribution in [0.3, 0.4) is 0 Å². The summed E-state index contributed by atoms with van der Waals surface area (Å²) in [6.45, 7) is 1.57. The number of aromatic nitrogens is 3. The van der Waals surface area contributed by atoms with Crippen LogP contribution in [0.1, 0.15) is 6.92 Å². The number of aromatic amines is 1. The molecular weight excluding hydrogens is 309 g/mol. The monoisotopic (exact) mass is 317 g/mol. The fourth-order valence-corrected chi connectivity index (χ4v) is 2.47.